The van der Waals surface area contributed by atoms with Crippen LogP contribution in [0.2, 0.25) is 0 Å². The number of aromatic nitrogens is 1. The number of nitrogens with one attached hydrogen (secondary N) is 2. The Morgan fingerprint density at radius 1 is 1.00 bits per heavy atom. The number of nitrogens with zero attached hydrogens (tertiary/aromatic N) is 1. The number of hydrogen-bond acceptors (Lipinski definition) is 6. The van der Waals surface area contributed by atoms with Crippen molar-refractivity contribution >= 4 is 58.0 Å². The number of thioether (sulfide) groups is 1. The maximum atomic E-state index is 12.3. The summed E-state index contributed by atoms with van der Waals surface area (Å²) in [4.78, 5) is 29.8. The van der Waals surface area contributed by atoms with Crippen LogP contribution in [0, 0.1) is 20.8 Å². The zero-order valence-electron chi connectivity index (χ0n) is 17.0. The highest BCUT2D eigenvalue weighted by molar-refractivity contribution is 8.01. The lowest BCUT2D eigenvalue weighted by atomic mass is 10.2. The van der Waals surface area contributed by atoms with Gasteiger partial charge in [0.05, 0.1) is 11.5 Å². The van der Waals surface area contributed by atoms with Crippen LogP contribution in [0.3, 0.4) is 0 Å². The van der Waals surface area contributed by atoms with E-state index in [2.05, 4.69) is 15.6 Å². The molecule has 3 rings (SSSR count). The Morgan fingerprint density at radius 2 is 1.77 bits per heavy atom. The third kappa shape index (κ3) is 6.90. The predicted molar refractivity (Wildman–Crippen MR) is 128 cm³/mol. The van der Waals surface area contributed by atoms with Crippen molar-refractivity contribution in [1.82, 2.24) is 4.98 Å². The molecule has 0 spiro atoms. The Balaban J connectivity index is 1.44. The molecule has 2 N–H and O–H groups in total. The number of thiazole rings is 1. The van der Waals surface area contributed by atoms with Crippen molar-refractivity contribution in [2.45, 2.75) is 30.0 Å². The number of aryl methyl sites for hydroxylation is 3. The summed E-state index contributed by atoms with van der Waals surface area (Å²) in [5.41, 5.74) is 4.65. The van der Waals surface area contributed by atoms with Crippen LogP contribution in [-0.2, 0) is 9.59 Å². The number of carbonyl (C=O) groups is 2. The number of hydrogen-bond donors (Lipinski definition) is 2. The summed E-state index contributed by atoms with van der Waals surface area (Å²) in [5, 5.41) is 7.80. The average Bonchev–Trinajstić information content (AvgIpc) is 3.08. The van der Waals surface area contributed by atoms with Gasteiger partial charge in [-0.05, 0) is 62.2 Å². The highest BCUT2D eigenvalue weighted by Crippen LogP contribution is 2.32. The first-order valence-electron chi connectivity index (χ1n) is 9.34. The number of rotatable bonds is 8. The van der Waals surface area contributed by atoms with Gasteiger partial charge >= 0.3 is 0 Å². The Hall–Kier alpha value is -2.29. The Bertz CT molecular complexity index is 1050. The van der Waals surface area contributed by atoms with Gasteiger partial charge in [0.2, 0.25) is 11.8 Å². The molecule has 2 aromatic carbocycles. The van der Waals surface area contributed by atoms with Crippen molar-refractivity contribution in [3.63, 3.8) is 0 Å². The van der Waals surface area contributed by atoms with E-state index in [-0.39, 0.29) is 23.3 Å². The van der Waals surface area contributed by atoms with Crippen LogP contribution in [0.4, 0.5) is 11.4 Å². The monoisotopic (exact) mass is 457 g/mol. The topological polar surface area (TPSA) is 71.1 Å². The lowest BCUT2D eigenvalue weighted by molar-refractivity contribution is -0.114. The van der Waals surface area contributed by atoms with Gasteiger partial charge in [-0.25, -0.2) is 4.98 Å². The van der Waals surface area contributed by atoms with Crippen molar-refractivity contribution in [2.24, 2.45) is 0 Å². The quantitative estimate of drug-likeness (QED) is 0.465. The van der Waals surface area contributed by atoms with Crippen LogP contribution >= 0.6 is 34.9 Å². The Morgan fingerprint density at radius 3 is 2.43 bits per heavy atom. The maximum absolute atomic E-state index is 12.3. The lowest BCUT2D eigenvalue weighted by Gasteiger charge is -2.10. The first kappa shape index (κ1) is 22.4. The second-order valence-corrected chi connectivity index (χ2v) is 9.96. The summed E-state index contributed by atoms with van der Waals surface area (Å²) in [6, 6.07) is 13.6. The molecule has 0 saturated heterocycles. The summed E-state index contributed by atoms with van der Waals surface area (Å²) < 4.78 is 1.00. The van der Waals surface area contributed by atoms with E-state index >= 15 is 0 Å². The van der Waals surface area contributed by atoms with Crippen LogP contribution in [0.1, 0.15) is 16.8 Å². The van der Waals surface area contributed by atoms with Crippen LogP contribution in [0.25, 0.3) is 0 Å². The van der Waals surface area contributed by atoms with Gasteiger partial charge < -0.3 is 10.6 Å². The van der Waals surface area contributed by atoms with Crippen molar-refractivity contribution in [1.29, 1.82) is 0 Å². The van der Waals surface area contributed by atoms with Crippen LogP contribution in [0.5, 0.6) is 0 Å². The molecular formula is C22H23N3O2S3. The number of benzene rings is 2. The van der Waals surface area contributed by atoms with E-state index in [9.17, 15) is 9.59 Å². The van der Waals surface area contributed by atoms with Gasteiger partial charge in [-0.1, -0.05) is 23.9 Å². The van der Waals surface area contributed by atoms with E-state index in [0.29, 0.717) is 0 Å². The highest BCUT2D eigenvalue weighted by Gasteiger charge is 2.09. The van der Waals surface area contributed by atoms with Crippen molar-refractivity contribution in [2.75, 3.05) is 22.1 Å². The van der Waals surface area contributed by atoms with Gasteiger partial charge in [-0.15, -0.1) is 23.1 Å². The first-order chi connectivity index (χ1) is 14.4. The molecule has 0 aliphatic rings. The van der Waals surface area contributed by atoms with Gasteiger partial charge in [0.25, 0.3) is 0 Å². The molecule has 0 bridgehead atoms. The van der Waals surface area contributed by atoms with E-state index in [0.717, 1.165) is 37.4 Å². The summed E-state index contributed by atoms with van der Waals surface area (Å²) in [6.07, 6.45) is 0. The fourth-order valence-corrected chi connectivity index (χ4v) is 5.19. The highest BCUT2D eigenvalue weighted by atomic mass is 32.2. The first-order valence-corrected chi connectivity index (χ1v) is 12.2. The summed E-state index contributed by atoms with van der Waals surface area (Å²) in [5.74, 6) is 0.203. The van der Waals surface area contributed by atoms with E-state index in [1.165, 1.54) is 11.8 Å². The predicted octanol–water partition coefficient (Wildman–Crippen LogP) is 5.53. The SMILES string of the molecule is Cc1cccc(NC(=O)CSCC(=O)Nc2ccc(Sc3nc(C)cs3)cc2C)c1. The van der Waals surface area contributed by atoms with Gasteiger partial charge in [0, 0.05) is 27.3 Å². The van der Waals surface area contributed by atoms with Gasteiger partial charge in [-0.3, -0.25) is 9.59 Å². The van der Waals surface area contributed by atoms with E-state index in [1.54, 1.807) is 23.1 Å². The maximum Gasteiger partial charge on any atom is 0.234 e. The second-order valence-electron chi connectivity index (χ2n) is 6.79. The molecular weight excluding hydrogens is 434 g/mol. The summed E-state index contributed by atoms with van der Waals surface area (Å²) in [7, 11) is 0. The molecule has 1 aromatic heterocycles. The zero-order chi connectivity index (χ0) is 21.5. The molecule has 0 radical (unpaired) electrons. The molecule has 1 heterocycles. The fraction of sp³-hybridized carbons (Fsp3) is 0.227. The molecule has 30 heavy (non-hydrogen) atoms. The van der Waals surface area contributed by atoms with Crippen molar-refractivity contribution < 1.29 is 9.59 Å². The third-order valence-corrected chi connectivity index (χ3v) is 7.02. The third-order valence-electron chi connectivity index (χ3n) is 4.04. The minimum atomic E-state index is -0.123. The minimum Gasteiger partial charge on any atom is -0.325 e. The molecule has 0 saturated carbocycles. The Kier molecular flexibility index (Phi) is 7.95. The van der Waals surface area contributed by atoms with E-state index < -0.39 is 0 Å². The van der Waals surface area contributed by atoms with Crippen molar-refractivity contribution in [3.05, 3.63) is 64.7 Å². The molecule has 0 unspecified atom stereocenters. The van der Waals surface area contributed by atoms with Gasteiger partial charge in [0.15, 0.2) is 4.34 Å². The van der Waals surface area contributed by atoms with Crippen LogP contribution < -0.4 is 10.6 Å². The molecule has 2 amide bonds. The number of carbonyl (C=O) groups excluding carboxylic acids is 2. The summed E-state index contributed by atoms with van der Waals surface area (Å²) >= 11 is 4.53. The van der Waals surface area contributed by atoms with Crippen LogP contribution in [0.15, 0.2) is 57.1 Å². The lowest BCUT2D eigenvalue weighted by Crippen LogP contribution is -2.18. The molecule has 0 atom stereocenters. The van der Waals surface area contributed by atoms with Gasteiger partial charge in [-0.2, -0.15) is 0 Å². The minimum absolute atomic E-state index is 0.117. The molecule has 0 aliphatic carbocycles. The Labute approximate surface area is 189 Å². The zero-order valence-corrected chi connectivity index (χ0v) is 19.5. The average molecular weight is 458 g/mol. The fourth-order valence-electron chi connectivity index (χ4n) is 2.66. The molecule has 156 valence electrons. The van der Waals surface area contributed by atoms with E-state index in [1.807, 2.05) is 68.6 Å². The van der Waals surface area contributed by atoms with E-state index in [4.69, 9.17) is 0 Å². The molecule has 0 aliphatic heterocycles. The normalized spacial score (nSPS) is 10.6. The number of anilines is 2. The molecule has 8 heteroatoms. The second kappa shape index (κ2) is 10.7. The number of amides is 2. The standard InChI is InChI=1S/C22H23N3O2S3/c1-14-5-4-6-17(9-14)24-20(26)12-28-13-21(27)25-19-8-7-18(10-15(19)2)30-22-23-16(3)11-29-22/h4-11H,12-13H2,1-3H3,(H,24,26)(H,25,27). The van der Waals surface area contributed by atoms with Gasteiger partial charge in [0.1, 0.15) is 0 Å². The largest absolute Gasteiger partial charge is 0.325 e. The van der Waals surface area contributed by atoms with Crippen LogP contribution in [-0.4, -0.2) is 28.3 Å². The van der Waals surface area contributed by atoms with Crippen molar-refractivity contribution in [3.8, 4) is 0 Å². The smallest absolute Gasteiger partial charge is 0.234 e. The molecule has 5 nitrogen and oxygen atoms in total. The molecule has 3 aromatic rings. The molecule has 0 fully saturated rings. The summed E-state index contributed by atoms with van der Waals surface area (Å²) in [6.45, 7) is 5.92.